The monoisotopic (exact) mass is 236 g/mol. The van der Waals surface area contributed by atoms with Crippen molar-refractivity contribution in [3.8, 4) is 5.75 Å². The fourth-order valence-corrected chi connectivity index (χ4v) is 2.33. The number of hydrogen-bond acceptors (Lipinski definition) is 4. The Morgan fingerprint density at radius 1 is 1.41 bits per heavy atom. The number of pyridine rings is 1. The fraction of sp³-hybridized carbons (Fsp3) is 0.615. The summed E-state index contributed by atoms with van der Waals surface area (Å²) in [5.41, 5.74) is 0. The molecule has 0 aliphatic carbocycles. The van der Waals surface area contributed by atoms with Crippen LogP contribution >= 0.6 is 0 Å². The summed E-state index contributed by atoms with van der Waals surface area (Å²) >= 11 is 0. The lowest BCUT2D eigenvalue weighted by atomic mass is 10.1. The Kier molecular flexibility index (Phi) is 4.20. The van der Waals surface area contributed by atoms with Gasteiger partial charge in [-0.15, -0.1) is 0 Å². The van der Waals surface area contributed by atoms with Gasteiger partial charge in [0, 0.05) is 6.54 Å². The molecule has 1 aromatic heterocycles. The van der Waals surface area contributed by atoms with Crippen molar-refractivity contribution in [3.05, 3.63) is 18.3 Å². The Balaban J connectivity index is 2.16. The van der Waals surface area contributed by atoms with E-state index in [0.717, 1.165) is 24.5 Å². The van der Waals surface area contributed by atoms with Crippen LogP contribution in [0.4, 0.5) is 5.82 Å². The molecule has 1 unspecified atom stereocenters. The molecule has 2 heterocycles. The zero-order valence-electron chi connectivity index (χ0n) is 10.3. The first-order chi connectivity index (χ1) is 8.35. The largest absolute Gasteiger partial charge is 0.495 e. The second-order valence-electron chi connectivity index (χ2n) is 4.44. The second-order valence-corrected chi connectivity index (χ2v) is 4.44. The number of aliphatic hydroxyl groups excluding tert-OH is 1. The maximum absolute atomic E-state index is 9.45. The van der Waals surface area contributed by atoms with Crippen LogP contribution in [0.2, 0.25) is 0 Å². The average Bonchev–Trinajstić information content (AvgIpc) is 2.64. The average molecular weight is 236 g/mol. The van der Waals surface area contributed by atoms with E-state index in [4.69, 9.17) is 4.74 Å². The highest BCUT2D eigenvalue weighted by atomic mass is 16.5. The summed E-state index contributed by atoms with van der Waals surface area (Å²) in [7, 11) is 1.64. The van der Waals surface area contributed by atoms with Crippen LogP contribution < -0.4 is 9.64 Å². The van der Waals surface area contributed by atoms with Gasteiger partial charge in [0.25, 0.3) is 0 Å². The Bertz CT molecular complexity index is 340. The molecule has 1 fully saturated rings. The lowest BCUT2D eigenvalue weighted by molar-refractivity contribution is 0.254. The Hall–Kier alpha value is -1.29. The summed E-state index contributed by atoms with van der Waals surface area (Å²) in [4.78, 5) is 6.62. The smallest absolute Gasteiger partial charge is 0.137 e. The van der Waals surface area contributed by atoms with E-state index in [1.165, 1.54) is 19.3 Å². The van der Waals surface area contributed by atoms with E-state index in [9.17, 15) is 5.11 Å². The van der Waals surface area contributed by atoms with Crippen LogP contribution in [0.15, 0.2) is 18.3 Å². The normalized spacial score (nSPS) is 21.1. The number of hydrogen-bond donors (Lipinski definition) is 1. The number of aliphatic hydroxyl groups is 1. The molecular formula is C13H20N2O2. The van der Waals surface area contributed by atoms with Crippen molar-refractivity contribution >= 4 is 5.82 Å². The minimum atomic E-state index is 0.202. The van der Waals surface area contributed by atoms with E-state index in [-0.39, 0.29) is 12.6 Å². The third-order valence-corrected chi connectivity index (χ3v) is 3.34. The van der Waals surface area contributed by atoms with Crippen LogP contribution in [0.25, 0.3) is 0 Å². The van der Waals surface area contributed by atoms with E-state index in [0.29, 0.717) is 0 Å². The van der Waals surface area contributed by atoms with Crippen LogP contribution in [0.1, 0.15) is 25.7 Å². The van der Waals surface area contributed by atoms with Gasteiger partial charge in [-0.1, -0.05) is 12.8 Å². The lowest BCUT2D eigenvalue weighted by Gasteiger charge is -2.29. The highest BCUT2D eigenvalue weighted by molar-refractivity contribution is 5.42. The van der Waals surface area contributed by atoms with E-state index in [2.05, 4.69) is 9.88 Å². The van der Waals surface area contributed by atoms with Gasteiger partial charge in [0.05, 0.1) is 26.0 Å². The molecule has 1 aromatic rings. The van der Waals surface area contributed by atoms with Crippen LogP contribution in [-0.2, 0) is 0 Å². The Morgan fingerprint density at radius 2 is 2.29 bits per heavy atom. The maximum Gasteiger partial charge on any atom is 0.137 e. The molecular weight excluding hydrogens is 216 g/mol. The highest BCUT2D eigenvalue weighted by Crippen LogP contribution is 2.23. The minimum Gasteiger partial charge on any atom is -0.495 e. The molecule has 0 radical (unpaired) electrons. The molecule has 0 spiro atoms. The summed E-state index contributed by atoms with van der Waals surface area (Å²) in [5, 5.41) is 9.45. The van der Waals surface area contributed by atoms with Crippen molar-refractivity contribution in [1.29, 1.82) is 0 Å². The third kappa shape index (κ3) is 2.88. The molecule has 1 saturated heterocycles. The van der Waals surface area contributed by atoms with Gasteiger partial charge in [-0.05, 0) is 25.0 Å². The summed E-state index contributed by atoms with van der Waals surface area (Å²) in [6, 6.07) is 4.09. The van der Waals surface area contributed by atoms with Gasteiger partial charge in [-0.3, -0.25) is 0 Å². The van der Waals surface area contributed by atoms with E-state index in [1.807, 2.05) is 12.1 Å². The van der Waals surface area contributed by atoms with Crippen molar-refractivity contribution in [3.63, 3.8) is 0 Å². The number of methoxy groups -OCH3 is 1. The van der Waals surface area contributed by atoms with E-state index >= 15 is 0 Å². The SMILES string of the molecule is COc1ccc(N2CCCCCC2CO)nc1. The molecule has 0 aromatic carbocycles. The van der Waals surface area contributed by atoms with Gasteiger partial charge in [0.1, 0.15) is 11.6 Å². The van der Waals surface area contributed by atoms with Crippen LogP contribution in [0.5, 0.6) is 5.75 Å². The van der Waals surface area contributed by atoms with Crippen molar-refractivity contribution < 1.29 is 9.84 Å². The molecule has 1 N–H and O–H groups in total. The lowest BCUT2D eigenvalue weighted by Crippen LogP contribution is -2.38. The molecule has 4 nitrogen and oxygen atoms in total. The number of anilines is 1. The summed E-state index contributed by atoms with van der Waals surface area (Å²) in [6.45, 7) is 1.18. The maximum atomic E-state index is 9.45. The van der Waals surface area contributed by atoms with Crippen LogP contribution in [-0.4, -0.2) is 36.4 Å². The summed E-state index contributed by atoms with van der Waals surface area (Å²) < 4.78 is 5.10. The number of rotatable bonds is 3. The molecule has 1 aliphatic heterocycles. The van der Waals surface area contributed by atoms with Crippen LogP contribution in [0.3, 0.4) is 0 Å². The van der Waals surface area contributed by atoms with Gasteiger partial charge < -0.3 is 14.7 Å². The molecule has 4 heteroatoms. The van der Waals surface area contributed by atoms with Crippen LogP contribution in [0, 0.1) is 0 Å². The zero-order chi connectivity index (χ0) is 12.1. The van der Waals surface area contributed by atoms with Gasteiger partial charge in [-0.25, -0.2) is 4.98 Å². The van der Waals surface area contributed by atoms with Gasteiger partial charge >= 0.3 is 0 Å². The predicted molar refractivity (Wildman–Crippen MR) is 67.5 cm³/mol. The first-order valence-electron chi connectivity index (χ1n) is 6.22. The molecule has 1 aliphatic rings. The van der Waals surface area contributed by atoms with Crippen molar-refractivity contribution in [1.82, 2.24) is 4.98 Å². The summed E-state index contributed by atoms with van der Waals surface area (Å²) in [6.07, 6.45) is 6.38. The topological polar surface area (TPSA) is 45.6 Å². The fourth-order valence-electron chi connectivity index (χ4n) is 2.33. The first kappa shape index (κ1) is 12.2. The standard InChI is InChI=1S/C13H20N2O2/c1-17-12-6-7-13(14-9-12)15-8-4-2-3-5-11(15)10-16/h6-7,9,11,16H,2-5,8,10H2,1H3. The third-order valence-electron chi connectivity index (χ3n) is 3.34. The van der Waals surface area contributed by atoms with Gasteiger partial charge in [-0.2, -0.15) is 0 Å². The molecule has 0 amide bonds. The Labute approximate surface area is 102 Å². The first-order valence-corrected chi connectivity index (χ1v) is 6.22. The quantitative estimate of drug-likeness (QED) is 0.869. The van der Waals surface area contributed by atoms with Crippen molar-refractivity contribution in [2.45, 2.75) is 31.7 Å². The van der Waals surface area contributed by atoms with E-state index in [1.54, 1.807) is 13.3 Å². The molecule has 17 heavy (non-hydrogen) atoms. The zero-order valence-corrected chi connectivity index (χ0v) is 10.3. The summed E-state index contributed by atoms with van der Waals surface area (Å²) in [5.74, 6) is 1.70. The second kappa shape index (κ2) is 5.87. The predicted octanol–water partition coefficient (Wildman–Crippen LogP) is 1.83. The van der Waals surface area contributed by atoms with Crippen molar-refractivity contribution in [2.24, 2.45) is 0 Å². The number of aromatic nitrogens is 1. The molecule has 0 saturated carbocycles. The van der Waals surface area contributed by atoms with Crippen molar-refractivity contribution in [2.75, 3.05) is 25.2 Å². The molecule has 94 valence electrons. The van der Waals surface area contributed by atoms with Gasteiger partial charge in [0.15, 0.2) is 0 Å². The highest BCUT2D eigenvalue weighted by Gasteiger charge is 2.21. The molecule has 2 rings (SSSR count). The molecule has 0 bridgehead atoms. The Morgan fingerprint density at radius 3 is 2.94 bits per heavy atom. The number of ether oxygens (including phenoxy) is 1. The number of nitrogens with zero attached hydrogens (tertiary/aromatic N) is 2. The van der Waals surface area contributed by atoms with E-state index < -0.39 is 0 Å². The minimum absolute atomic E-state index is 0.202. The van der Waals surface area contributed by atoms with Gasteiger partial charge in [0.2, 0.25) is 0 Å². The molecule has 1 atom stereocenters.